The first-order valence-electron chi connectivity index (χ1n) is 5.65. The Labute approximate surface area is 109 Å². The first-order valence-corrected chi connectivity index (χ1v) is 6.02. The molecule has 0 aliphatic carbocycles. The van der Waals surface area contributed by atoms with Crippen LogP contribution in [-0.4, -0.2) is 30.3 Å². The van der Waals surface area contributed by atoms with E-state index in [0.29, 0.717) is 35.3 Å². The van der Waals surface area contributed by atoms with Crippen molar-refractivity contribution in [2.75, 3.05) is 13.2 Å². The number of carboxylic acid groups (broad SMARTS) is 1. The normalized spacial score (nSPS) is 15.9. The van der Waals surface area contributed by atoms with Gasteiger partial charge in [0.25, 0.3) is 0 Å². The van der Waals surface area contributed by atoms with Crippen LogP contribution in [0.2, 0.25) is 5.02 Å². The molecule has 1 aromatic rings. The summed E-state index contributed by atoms with van der Waals surface area (Å²) in [6, 6.07) is 2.47. The molecule has 0 saturated heterocycles. The van der Waals surface area contributed by atoms with Gasteiger partial charge in [-0.1, -0.05) is 17.7 Å². The molecule has 3 N–H and O–H groups in total. The lowest BCUT2D eigenvalue weighted by Gasteiger charge is -2.13. The van der Waals surface area contributed by atoms with E-state index in [2.05, 4.69) is 0 Å². The molecule has 0 amide bonds. The average Bonchev–Trinajstić information content (AvgIpc) is 2.58. The highest BCUT2D eigenvalue weighted by molar-refractivity contribution is 6.33. The maximum Gasteiger partial charge on any atom is 0.320 e. The van der Waals surface area contributed by atoms with Crippen LogP contribution in [0.1, 0.15) is 12.0 Å². The van der Waals surface area contributed by atoms with Crippen molar-refractivity contribution < 1.29 is 19.4 Å². The largest absolute Gasteiger partial charge is 0.490 e. The SMILES string of the molecule is NC(Cc1ccc2c(c1Cl)OCCCO2)C(=O)O. The zero-order valence-corrected chi connectivity index (χ0v) is 10.4. The minimum Gasteiger partial charge on any atom is -0.490 e. The summed E-state index contributed by atoms with van der Waals surface area (Å²) >= 11 is 6.19. The molecule has 6 heteroatoms. The molecular weight excluding hydrogens is 258 g/mol. The lowest BCUT2D eigenvalue weighted by atomic mass is 10.1. The maximum absolute atomic E-state index is 10.7. The summed E-state index contributed by atoms with van der Waals surface area (Å²) in [7, 11) is 0. The van der Waals surface area contributed by atoms with Gasteiger partial charge in [0.1, 0.15) is 6.04 Å². The van der Waals surface area contributed by atoms with Crippen molar-refractivity contribution in [2.45, 2.75) is 18.9 Å². The molecule has 1 heterocycles. The van der Waals surface area contributed by atoms with Crippen LogP contribution >= 0.6 is 11.6 Å². The molecule has 1 atom stereocenters. The number of benzene rings is 1. The van der Waals surface area contributed by atoms with Gasteiger partial charge in [0.2, 0.25) is 0 Å². The maximum atomic E-state index is 10.7. The zero-order valence-electron chi connectivity index (χ0n) is 9.69. The monoisotopic (exact) mass is 271 g/mol. The van der Waals surface area contributed by atoms with Crippen molar-refractivity contribution in [3.63, 3.8) is 0 Å². The Bertz CT molecular complexity index is 464. The minimum atomic E-state index is -1.06. The summed E-state index contributed by atoms with van der Waals surface area (Å²) in [5.74, 6) is 0.00702. The lowest BCUT2D eigenvalue weighted by molar-refractivity contribution is -0.138. The first kappa shape index (κ1) is 13.0. The summed E-state index contributed by atoms with van der Waals surface area (Å²) in [6.45, 7) is 1.11. The van der Waals surface area contributed by atoms with Crippen LogP contribution in [0.4, 0.5) is 0 Å². The number of nitrogens with two attached hydrogens (primary N) is 1. The van der Waals surface area contributed by atoms with E-state index in [1.54, 1.807) is 12.1 Å². The van der Waals surface area contributed by atoms with Crippen LogP contribution in [0.5, 0.6) is 11.5 Å². The standard InChI is InChI=1S/C12H14ClNO4/c13-10-7(6-8(14)12(15)16)2-3-9-11(10)18-5-1-4-17-9/h2-3,8H,1,4-6,14H2,(H,15,16). The highest BCUT2D eigenvalue weighted by Crippen LogP contribution is 2.39. The number of halogens is 1. The van der Waals surface area contributed by atoms with Crippen LogP contribution in [0.3, 0.4) is 0 Å². The average molecular weight is 272 g/mol. The molecule has 0 saturated carbocycles. The molecule has 0 bridgehead atoms. The number of aliphatic carboxylic acids is 1. The summed E-state index contributed by atoms with van der Waals surface area (Å²) in [5.41, 5.74) is 6.14. The van der Waals surface area contributed by atoms with Crippen molar-refractivity contribution in [2.24, 2.45) is 5.73 Å². The Morgan fingerprint density at radius 1 is 1.44 bits per heavy atom. The Morgan fingerprint density at radius 3 is 2.89 bits per heavy atom. The number of carbonyl (C=O) groups is 1. The molecular formula is C12H14ClNO4. The number of hydrogen-bond donors (Lipinski definition) is 2. The molecule has 98 valence electrons. The quantitative estimate of drug-likeness (QED) is 0.870. The number of fused-ring (bicyclic) bond motifs is 1. The smallest absolute Gasteiger partial charge is 0.320 e. The van der Waals surface area contributed by atoms with Crippen LogP contribution in [0, 0.1) is 0 Å². The van der Waals surface area contributed by atoms with Gasteiger partial charge in [0.05, 0.1) is 18.2 Å². The topological polar surface area (TPSA) is 81.8 Å². The summed E-state index contributed by atoms with van der Waals surface area (Å²) < 4.78 is 11.0. The Morgan fingerprint density at radius 2 is 2.17 bits per heavy atom. The fourth-order valence-corrected chi connectivity index (χ4v) is 2.01. The molecule has 5 nitrogen and oxygen atoms in total. The van der Waals surface area contributed by atoms with Gasteiger partial charge in [0.15, 0.2) is 11.5 Å². The van der Waals surface area contributed by atoms with Gasteiger partial charge in [-0.25, -0.2) is 0 Å². The number of hydrogen-bond acceptors (Lipinski definition) is 4. The third-order valence-electron chi connectivity index (χ3n) is 2.69. The van der Waals surface area contributed by atoms with Crippen LogP contribution in [0.15, 0.2) is 12.1 Å². The van der Waals surface area contributed by atoms with Gasteiger partial charge in [-0.05, 0) is 18.1 Å². The van der Waals surface area contributed by atoms with Crippen molar-refractivity contribution in [1.29, 1.82) is 0 Å². The molecule has 1 aromatic carbocycles. The summed E-state index contributed by atoms with van der Waals surface area (Å²) in [5, 5.41) is 9.17. The highest BCUT2D eigenvalue weighted by atomic mass is 35.5. The Kier molecular flexibility index (Phi) is 3.93. The van der Waals surface area contributed by atoms with Gasteiger partial charge in [0, 0.05) is 6.42 Å². The Hall–Kier alpha value is -1.46. The first-order chi connectivity index (χ1) is 8.59. The Balaban J connectivity index is 2.28. The fraction of sp³-hybridized carbons (Fsp3) is 0.417. The van der Waals surface area contributed by atoms with Crippen molar-refractivity contribution >= 4 is 17.6 Å². The third-order valence-corrected chi connectivity index (χ3v) is 3.11. The fourth-order valence-electron chi connectivity index (χ4n) is 1.72. The van der Waals surface area contributed by atoms with E-state index in [4.69, 9.17) is 31.9 Å². The van der Waals surface area contributed by atoms with Crippen molar-refractivity contribution in [1.82, 2.24) is 0 Å². The second kappa shape index (κ2) is 5.46. The van der Waals surface area contributed by atoms with E-state index < -0.39 is 12.0 Å². The van der Waals surface area contributed by atoms with E-state index in [9.17, 15) is 4.79 Å². The number of ether oxygens (including phenoxy) is 2. The van der Waals surface area contributed by atoms with E-state index in [1.807, 2.05) is 0 Å². The second-order valence-corrected chi connectivity index (χ2v) is 4.44. The van der Waals surface area contributed by atoms with Crippen LogP contribution in [-0.2, 0) is 11.2 Å². The molecule has 0 fully saturated rings. The molecule has 2 rings (SSSR count). The summed E-state index contributed by atoms with van der Waals surface area (Å²) in [6.07, 6.45) is 0.944. The van der Waals surface area contributed by atoms with Gasteiger partial charge >= 0.3 is 5.97 Å². The van der Waals surface area contributed by atoms with Gasteiger partial charge < -0.3 is 20.3 Å². The number of carboxylic acids is 1. The minimum absolute atomic E-state index is 0.158. The second-order valence-electron chi connectivity index (χ2n) is 4.07. The van der Waals surface area contributed by atoms with Gasteiger partial charge in [-0.2, -0.15) is 0 Å². The highest BCUT2D eigenvalue weighted by Gasteiger charge is 2.20. The van der Waals surface area contributed by atoms with E-state index in [-0.39, 0.29) is 6.42 Å². The molecule has 18 heavy (non-hydrogen) atoms. The van der Waals surface area contributed by atoms with Crippen molar-refractivity contribution in [3.8, 4) is 11.5 Å². The zero-order chi connectivity index (χ0) is 13.1. The van der Waals surface area contributed by atoms with Crippen LogP contribution < -0.4 is 15.2 Å². The van der Waals surface area contributed by atoms with E-state index >= 15 is 0 Å². The number of rotatable bonds is 3. The molecule has 0 spiro atoms. The molecule has 1 aliphatic heterocycles. The molecule has 1 aliphatic rings. The predicted molar refractivity (Wildman–Crippen MR) is 66.4 cm³/mol. The van der Waals surface area contributed by atoms with Crippen LogP contribution in [0.25, 0.3) is 0 Å². The predicted octanol–water partition coefficient (Wildman–Crippen LogP) is 1.46. The molecule has 1 unspecified atom stereocenters. The molecule has 0 radical (unpaired) electrons. The van der Waals surface area contributed by atoms with Crippen molar-refractivity contribution in [3.05, 3.63) is 22.7 Å². The van der Waals surface area contributed by atoms with E-state index in [0.717, 1.165) is 6.42 Å². The van der Waals surface area contributed by atoms with Gasteiger partial charge in [-0.3, -0.25) is 4.79 Å². The lowest BCUT2D eigenvalue weighted by Crippen LogP contribution is -2.32. The third kappa shape index (κ3) is 2.68. The summed E-state index contributed by atoms with van der Waals surface area (Å²) in [4.78, 5) is 10.7. The van der Waals surface area contributed by atoms with Gasteiger partial charge in [-0.15, -0.1) is 0 Å². The molecule has 0 aromatic heterocycles. The van der Waals surface area contributed by atoms with E-state index in [1.165, 1.54) is 0 Å².